The molecule has 23 nitrogen and oxygen atoms in total. The molecule has 7 fully saturated rings. The van der Waals surface area contributed by atoms with Crippen LogP contribution in [0.2, 0.25) is 0 Å². The molecule has 0 spiro atoms. The van der Waals surface area contributed by atoms with E-state index in [1.807, 2.05) is 19.9 Å². The van der Waals surface area contributed by atoms with Crippen molar-refractivity contribution in [2.45, 2.75) is 247 Å². The number of carbonyl (C=O) groups is 3. The fourth-order valence-electron chi connectivity index (χ4n) is 14.6. The molecule has 428 valence electrons. The van der Waals surface area contributed by atoms with E-state index in [4.69, 9.17) is 61.6 Å². The second-order valence-electron chi connectivity index (χ2n) is 22.7. The molecule has 7 N–H and O–H groups in total. The molecular formula is C52H82O23. The summed E-state index contributed by atoms with van der Waals surface area (Å²) in [6.45, 7) is 12.2. The van der Waals surface area contributed by atoms with E-state index >= 15 is 0 Å². The first kappa shape index (κ1) is 58.8. The third kappa shape index (κ3) is 10.3. The SMILES string of the molecule is CO[C@H]1[C@@H](O)[C@H](O[C@H]2[C@@H](OC)C[C@H](O[C@H]3[C@@H](OC)C[C@H](O[C@H]4CC[C@@]5(C)C(=CC[C@]6(O)[C@@H]5[C@H](OC(C)=O)[C@@H](OC(C)=O)[C@]5(C)[C@@H](C(C)=O)CC[C@@]56O)C4)O[C@@H]3C)O[C@@H]2C)O[C@H](C)[C@H]1O[C@@H]1O[C@H](CO)[C@@H](O)[C@H](O)[C@H]1O. The first-order valence-electron chi connectivity index (χ1n) is 26.5. The number of fused-ring (bicyclic) bond motifs is 5. The molecule has 0 amide bonds. The van der Waals surface area contributed by atoms with Crippen LogP contribution in [-0.2, 0) is 76.0 Å². The Bertz CT molecular complexity index is 2060. The number of methoxy groups -OCH3 is 3. The van der Waals surface area contributed by atoms with Crippen LogP contribution in [0.3, 0.4) is 0 Å². The molecule has 0 aromatic heterocycles. The quantitative estimate of drug-likeness (QED) is 0.0853. The van der Waals surface area contributed by atoms with E-state index in [-0.39, 0.29) is 37.6 Å². The summed E-state index contributed by atoms with van der Waals surface area (Å²) in [5.41, 5.74) is -5.09. The molecular weight excluding hydrogens is 993 g/mol. The highest BCUT2D eigenvalue weighted by molar-refractivity contribution is 5.80. The first-order valence-corrected chi connectivity index (χ1v) is 26.5. The molecule has 0 aromatic rings. The lowest BCUT2D eigenvalue weighted by atomic mass is 9.42. The Labute approximate surface area is 437 Å². The van der Waals surface area contributed by atoms with Gasteiger partial charge in [-0.1, -0.05) is 25.5 Å². The maximum Gasteiger partial charge on any atom is 0.303 e. The number of rotatable bonds is 15. The second kappa shape index (κ2) is 22.6. The molecule has 0 aromatic carbocycles. The maximum absolute atomic E-state index is 13.2. The topological polar surface area (TPSA) is 313 Å². The van der Waals surface area contributed by atoms with E-state index in [0.29, 0.717) is 25.7 Å². The molecule has 23 heteroatoms. The summed E-state index contributed by atoms with van der Waals surface area (Å²) in [4.78, 5) is 38.9. The molecule has 4 aliphatic carbocycles. The van der Waals surface area contributed by atoms with Crippen molar-refractivity contribution in [3.8, 4) is 0 Å². The van der Waals surface area contributed by atoms with Crippen molar-refractivity contribution in [1.82, 2.24) is 0 Å². The standard InChI is InChI=1S/C52H82O23/c1-22(54)30-14-17-52(62)50(30,8)46(70-27(6)56)44(69-26(5)55)45-49(7)15-13-29(18-28(49)12-16-51(45,52)61)71-34-19-31(63-9)40(23(2)66-34)73-35-20-32(64-10)41(24(3)67-35)74-48-39(60)43(65-11)42(25(4)68-48)75-47-38(59)37(58)36(57)33(21-53)72-47/h12,23-25,29-48,53,57-62H,13-21H2,1-11H3/t23-,24-,25-,29+,30-,31+,32+,33-,34+,35+,36-,37+,38-,39-,40-,41-,42-,43+,44+,45-,46-,47+,48+,49+,50+,51+,52-/m1/s1. The Balaban J connectivity index is 0.896. The average Bonchev–Trinajstić information content (AvgIpc) is 3.66. The smallest absolute Gasteiger partial charge is 0.303 e. The zero-order chi connectivity index (χ0) is 54.9. The van der Waals surface area contributed by atoms with Gasteiger partial charge in [0.15, 0.2) is 25.2 Å². The second-order valence-corrected chi connectivity index (χ2v) is 22.7. The van der Waals surface area contributed by atoms with E-state index in [2.05, 4.69) is 0 Å². The molecule has 27 atom stereocenters. The Kier molecular flexibility index (Phi) is 17.7. The Morgan fingerprint density at radius 1 is 0.653 bits per heavy atom. The highest BCUT2D eigenvalue weighted by Crippen LogP contribution is 2.70. The number of hydrogen-bond donors (Lipinski definition) is 7. The Morgan fingerprint density at radius 2 is 1.23 bits per heavy atom. The van der Waals surface area contributed by atoms with Gasteiger partial charge in [0.05, 0.1) is 43.2 Å². The normalized spacial score (nSPS) is 50.9. The summed E-state index contributed by atoms with van der Waals surface area (Å²) in [7, 11) is 4.46. The maximum atomic E-state index is 13.2. The number of hydrogen-bond acceptors (Lipinski definition) is 23. The van der Waals surface area contributed by atoms with Gasteiger partial charge >= 0.3 is 11.9 Å². The summed E-state index contributed by atoms with van der Waals surface area (Å²) in [6.07, 6.45) is -17.0. The lowest BCUT2D eigenvalue weighted by Gasteiger charge is -2.68. The fourth-order valence-corrected chi connectivity index (χ4v) is 14.6. The van der Waals surface area contributed by atoms with Gasteiger partial charge in [-0.25, -0.2) is 0 Å². The largest absolute Gasteiger partial charge is 0.458 e. The van der Waals surface area contributed by atoms with Crippen LogP contribution < -0.4 is 0 Å². The molecule has 4 heterocycles. The molecule has 0 unspecified atom stereocenters. The van der Waals surface area contributed by atoms with Gasteiger partial charge in [0, 0.05) is 65.3 Å². The molecule has 8 aliphatic rings. The van der Waals surface area contributed by atoms with E-state index in [1.165, 1.54) is 35.0 Å². The van der Waals surface area contributed by atoms with Crippen LogP contribution in [0.5, 0.6) is 0 Å². The number of ketones is 1. The summed E-state index contributed by atoms with van der Waals surface area (Å²) < 4.78 is 79.8. The van der Waals surface area contributed by atoms with E-state index < -0.39 is 175 Å². The van der Waals surface area contributed by atoms with E-state index in [0.717, 1.165) is 5.57 Å². The van der Waals surface area contributed by atoms with E-state index in [9.17, 15) is 50.1 Å². The lowest BCUT2D eigenvalue weighted by Crippen LogP contribution is -2.80. The highest BCUT2D eigenvalue weighted by Gasteiger charge is 2.80. The molecule has 4 saturated heterocycles. The van der Waals surface area contributed by atoms with Crippen molar-refractivity contribution in [2.24, 2.45) is 22.7 Å². The van der Waals surface area contributed by atoms with Crippen LogP contribution in [0.25, 0.3) is 0 Å². The van der Waals surface area contributed by atoms with Gasteiger partial charge in [-0.05, 0) is 71.6 Å². The third-order valence-electron chi connectivity index (χ3n) is 18.4. The molecule has 0 bridgehead atoms. The molecule has 75 heavy (non-hydrogen) atoms. The summed E-state index contributed by atoms with van der Waals surface area (Å²) in [5.74, 6) is -3.20. The van der Waals surface area contributed by atoms with Gasteiger partial charge in [-0.15, -0.1) is 0 Å². The van der Waals surface area contributed by atoms with Crippen LogP contribution >= 0.6 is 0 Å². The predicted octanol–water partition coefficient (Wildman–Crippen LogP) is 0.229. The minimum absolute atomic E-state index is 0.00771. The minimum atomic E-state index is -1.87. The van der Waals surface area contributed by atoms with Gasteiger partial charge in [-0.2, -0.15) is 0 Å². The Morgan fingerprint density at radius 3 is 1.80 bits per heavy atom. The van der Waals surface area contributed by atoms with Gasteiger partial charge in [0.1, 0.15) is 84.1 Å². The number of ether oxygens (including phenoxy) is 13. The van der Waals surface area contributed by atoms with E-state index in [1.54, 1.807) is 27.9 Å². The number of aliphatic hydroxyl groups is 7. The molecule has 8 rings (SSSR count). The summed E-state index contributed by atoms with van der Waals surface area (Å²) in [6, 6.07) is 0. The van der Waals surface area contributed by atoms with Gasteiger partial charge < -0.3 is 97.3 Å². The summed E-state index contributed by atoms with van der Waals surface area (Å²) in [5, 5.41) is 78.2. The van der Waals surface area contributed by atoms with Crippen molar-refractivity contribution in [3.63, 3.8) is 0 Å². The molecule has 4 aliphatic heterocycles. The molecule has 0 radical (unpaired) electrons. The minimum Gasteiger partial charge on any atom is -0.458 e. The fraction of sp³-hybridized carbons (Fsp3) is 0.904. The first-order chi connectivity index (χ1) is 35.3. The van der Waals surface area contributed by atoms with Crippen LogP contribution in [0.15, 0.2) is 11.6 Å². The number of aliphatic hydroxyl groups excluding tert-OH is 5. The van der Waals surface area contributed by atoms with Crippen molar-refractivity contribution < 1.29 is 112 Å². The van der Waals surface area contributed by atoms with Crippen LogP contribution in [0.1, 0.15) is 107 Å². The van der Waals surface area contributed by atoms with Crippen molar-refractivity contribution in [1.29, 1.82) is 0 Å². The van der Waals surface area contributed by atoms with Gasteiger partial charge in [0.2, 0.25) is 0 Å². The zero-order valence-corrected chi connectivity index (χ0v) is 44.9. The van der Waals surface area contributed by atoms with Crippen LogP contribution in [0.4, 0.5) is 0 Å². The third-order valence-corrected chi connectivity index (χ3v) is 18.4. The van der Waals surface area contributed by atoms with Crippen LogP contribution in [0, 0.1) is 22.7 Å². The molecule has 3 saturated carbocycles. The number of carbonyl (C=O) groups excluding carboxylic acids is 3. The highest BCUT2D eigenvalue weighted by atomic mass is 16.8. The van der Waals surface area contributed by atoms with Crippen molar-refractivity contribution >= 4 is 17.7 Å². The predicted molar refractivity (Wildman–Crippen MR) is 255 cm³/mol. The average molecular weight is 1080 g/mol. The van der Waals surface area contributed by atoms with Gasteiger partial charge in [-0.3, -0.25) is 14.4 Å². The number of esters is 2. The van der Waals surface area contributed by atoms with Gasteiger partial charge in [0.25, 0.3) is 0 Å². The lowest BCUT2D eigenvalue weighted by molar-refractivity contribution is -0.373. The number of Topliss-reactive ketones (excluding diaryl/α,β-unsaturated/α-hetero) is 1. The van der Waals surface area contributed by atoms with Crippen LogP contribution in [-0.4, -0.2) is 222 Å². The Hall–Kier alpha value is -2.37. The zero-order valence-electron chi connectivity index (χ0n) is 44.9. The summed E-state index contributed by atoms with van der Waals surface area (Å²) >= 11 is 0. The van der Waals surface area contributed by atoms with Crippen molar-refractivity contribution in [2.75, 3.05) is 27.9 Å². The monoisotopic (exact) mass is 1070 g/mol. The van der Waals surface area contributed by atoms with Crippen molar-refractivity contribution in [3.05, 3.63) is 11.6 Å².